The van der Waals surface area contributed by atoms with E-state index in [9.17, 15) is 4.79 Å². The third-order valence-corrected chi connectivity index (χ3v) is 3.08. The zero-order chi connectivity index (χ0) is 14.4. The number of carbonyl (C=O) groups is 1. The highest BCUT2D eigenvalue weighted by Crippen LogP contribution is 2.24. The van der Waals surface area contributed by atoms with Crippen LogP contribution in [0.3, 0.4) is 0 Å². The predicted molar refractivity (Wildman–Crippen MR) is 75.1 cm³/mol. The number of para-hydroxylation sites is 2. The zero-order valence-electron chi connectivity index (χ0n) is 11.0. The Morgan fingerprint density at radius 3 is 2.85 bits per heavy atom. The molecule has 0 unspecified atom stereocenters. The number of nitrogens with zero attached hydrogens (tertiary/aromatic N) is 1. The van der Waals surface area contributed by atoms with Crippen LogP contribution in [-0.2, 0) is 0 Å². The highest BCUT2D eigenvalue weighted by atomic mass is 16.5. The van der Waals surface area contributed by atoms with E-state index in [2.05, 4.69) is 15.8 Å². The molecule has 1 aliphatic carbocycles. The lowest BCUT2D eigenvalue weighted by molar-refractivity contribution is 0.240. The Bertz CT molecular complexity index is 500. The van der Waals surface area contributed by atoms with Gasteiger partial charge in [0.05, 0.1) is 5.69 Å². The van der Waals surface area contributed by atoms with Gasteiger partial charge in [-0.2, -0.15) is 0 Å². The summed E-state index contributed by atoms with van der Waals surface area (Å²) in [6.45, 7) is -0.0561. The van der Waals surface area contributed by atoms with Gasteiger partial charge in [0.15, 0.2) is 5.84 Å². The Hall–Kier alpha value is -2.44. The second-order valence-electron chi connectivity index (χ2n) is 4.60. The summed E-state index contributed by atoms with van der Waals surface area (Å²) in [5.41, 5.74) is 5.88. The van der Waals surface area contributed by atoms with Crippen LogP contribution in [0.4, 0.5) is 10.5 Å². The van der Waals surface area contributed by atoms with Crippen molar-refractivity contribution in [2.45, 2.75) is 25.3 Å². The van der Waals surface area contributed by atoms with Crippen molar-refractivity contribution in [2.75, 3.05) is 11.9 Å². The number of amidine groups is 1. The maximum Gasteiger partial charge on any atom is 0.319 e. The molecule has 1 fully saturated rings. The smallest absolute Gasteiger partial charge is 0.319 e. The zero-order valence-corrected chi connectivity index (χ0v) is 11.0. The number of nitrogens with one attached hydrogen (secondary N) is 2. The molecule has 20 heavy (non-hydrogen) atoms. The topological polar surface area (TPSA) is 109 Å². The summed E-state index contributed by atoms with van der Waals surface area (Å²) < 4.78 is 5.38. The van der Waals surface area contributed by atoms with Gasteiger partial charge in [-0.25, -0.2) is 4.79 Å². The average molecular weight is 278 g/mol. The molecule has 5 N–H and O–H groups in total. The number of anilines is 1. The number of benzene rings is 1. The molecule has 1 saturated carbocycles. The van der Waals surface area contributed by atoms with E-state index in [0.29, 0.717) is 11.4 Å². The molecule has 0 radical (unpaired) electrons. The second-order valence-corrected chi connectivity index (χ2v) is 4.60. The molecule has 0 spiro atoms. The van der Waals surface area contributed by atoms with Crippen LogP contribution in [0.2, 0.25) is 0 Å². The lowest BCUT2D eigenvalue weighted by Gasteiger charge is -2.26. The summed E-state index contributed by atoms with van der Waals surface area (Å²) in [5.74, 6) is 0.418. The van der Waals surface area contributed by atoms with Crippen molar-refractivity contribution in [3.8, 4) is 5.75 Å². The molecule has 0 aliphatic heterocycles. The normalized spacial score (nSPS) is 15.3. The minimum atomic E-state index is -0.255. The van der Waals surface area contributed by atoms with Gasteiger partial charge in [0.25, 0.3) is 0 Å². The molecule has 2 rings (SSSR count). The predicted octanol–water partition coefficient (Wildman–Crippen LogP) is 1.49. The quantitative estimate of drug-likeness (QED) is 0.283. The Kier molecular flexibility index (Phi) is 4.65. The number of hydrogen-bond donors (Lipinski definition) is 4. The van der Waals surface area contributed by atoms with Gasteiger partial charge in [-0.15, -0.1) is 0 Å². The van der Waals surface area contributed by atoms with E-state index in [0.717, 1.165) is 19.3 Å². The van der Waals surface area contributed by atoms with E-state index in [1.54, 1.807) is 24.3 Å². The molecule has 7 nitrogen and oxygen atoms in total. The molecular formula is C13H18N4O3. The number of carbonyl (C=O) groups excluding carboxylic acids is 1. The Morgan fingerprint density at radius 1 is 1.45 bits per heavy atom. The molecule has 1 aliphatic rings. The standard InChI is InChI=1S/C13H18N4O3/c14-12(17-19)8-20-11-7-2-1-6-10(11)16-13(18)15-9-4-3-5-9/h1-2,6-7,9,19H,3-5,8H2,(H2,14,17)(H2,15,16,18). The maximum atomic E-state index is 11.8. The van der Waals surface area contributed by atoms with Crippen molar-refractivity contribution in [1.82, 2.24) is 5.32 Å². The number of nitrogens with two attached hydrogens (primary N) is 1. The van der Waals surface area contributed by atoms with Crippen LogP contribution in [0.15, 0.2) is 29.4 Å². The minimum Gasteiger partial charge on any atom is -0.483 e. The summed E-state index contributed by atoms with van der Waals surface area (Å²) in [6, 6.07) is 6.99. The van der Waals surface area contributed by atoms with Crippen LogP contribution in [0.1, 0.15) is 19.3 Å². The van der Waals surface area contributed by atoms with Crippen molar-refractivity contribution in [2.24, 2.45) is 10.9 Å². The largest absolute Gasteiger partial charge is 0.483 e. The fourth-order valence-corrected chi connectivity index (χ4v) is 1.77. The Morgan fingerprint density at radius 2 is 2.20 bits per heavy atom. The molecule has 0 atom stereocenters. The molecule has 108 valence electrons. The first-order chi connectivity index (χ1) is 9.69. The van der Waals surface area contributed by atoms with Crippen LogP contribution >= 0.6 is 0 Å². The van der Waals surface area contributed by atoms with Crippen LogP contribution in [-0.4, -0.2) is 29.7 Å². The van der Waals surface area contributed by atoms with Crippen molar-refractivity contribution >= 4 is 17.6 Å². The van der Waals surface area contributed by atoms with Gasteiger partial charge in [0.1, 0.15) is 12.4 Å². The van der Waals surface area contributed by atoms with Crippen LogP contribution in [0.25, 0.3) is 0 Å². The number of urea groups is 1. The molecule has 0 saturated heterocycles. The summed E-state index contributed by atoms with van der Waals surface area (Å²) >= 11 is 0. The molecule has 7 heteroatoms. The third-order valence-electron chi connectivity index (χ3n) is 3.08. The van der Waals surface area contributed by atoms with Crippen LogP contribution < -0.4 is 21.1 Å². The van der Waals surface area contributed by atoms with E-state index < -0.39 is 0 Å². The highest BCUT2D eigenvalue weighted by Gasteiger charge is 2.19. The molecular weight excluding hydrogens is 260 g/mol. The van der Waals surface area contributed by atoms with E-state index in [1.165, 1.54) is 0 Å². The summed E-state index contributed by atoms with van der Waals surface area (Å²) in [7, 11) is 0. The first kappa shape index (κ1) is 14.0. The molecule has 0 aromatic heterocycles. The summed E-state index contributed by atoms with van der Waals surface area (Å²) in [4.78, 5) is 11.8. The van der Waals surface area contributed by atoms with Gasteiger partial charge in [0, 0.05) is 6.04 Å². The van der Waals surface area contributed by atoms with Gasteiger partial charge >= 0.3 is 6.03 Å². The van der Waals surface area contributed by atoms with Crippen LogP contribution in [0, 0.1) is 0 Å². The number of rotatable bonds is 5. The highest BCUT2D eigenvalue weighted by molar-refractivity contribution is 5.91. The second kappa shape index (κ2) is 6.65. The lowest BCUT2D eigenvalue weighted by Crippen LogP contribution is -2.41. The van der Waals surface area contributed by atoms with Gasteiger partial charge in [-0.3, -0.25) is 0 Å². The fraction of sp³-hybridized carbons (Fsp3) is 0.385. The maximum absolute atomic E-state index is 11.8. The Balaban J connectivity index is 1.94. The summed E-state index contributed by atoms with van der Waals surface area (Å²) in [5, 5.41) is 16.9. The third kappa shape index (κ3) is 3.78. The molecule has 0 bridgehead atoms. The fourth-order valence-electron chi connectivity index (χ4n) is 1.77. The number of hydrogen-bond acceptors (Lipinski definition) is 4. The van der Waals surface area contributed by atoms with Crippen molar-refractivity contribution < 1.29 is 14.7 Å². The Labute approximate surface area is 116 Å². The van der Waals surface area contributed by atoms with E-state index in [4.69, 9.17) is 15.7 Å². The monoisotopic (exact) mass is 278 g/mol. The van der Waals surface area contributed by atoms with E-state index >= 15 is 0 Å². The van der Waals surface area contributed by atoms with Crippen molar-refractivity contribution in [3.05, 3.63) is 24.3 Å². The van der Waals surface area contributed by atoms with Gasteiger partial charge < -0.3 is 26.3 Å². The molecule has 2 amide bonds. The van der Waals surface area contributed by atoms with Crippen molar-refractivity contribution in [3.63, 3.8) is 0 Å². The summed E-state index contributed by atoms with van der Waals surface area (Å²) in [6.07, 6.45) is 3.20. The van der Waals surface area contributed by atoms with Crippen molar-refractivity contribution in [1.29, 1.82) is 0 Å². The molecule has 1 aromatic carbocycles. The van der Waals surface area contributed by atoms with E-state index in [-0.39, 0.29) is 24.5 Å². The van der Waals surface area contributed by atoms with Crippen LogP contribution in [0.5, 0.6) is 5.75 Å². The SMILES string of the molecule is N/C(COc1ccccc1NC(=O)NC1CCC1)=N/O. The lowest BCUT2D eigenvalue weighted by atomic mass is 9.93. The van der Waals surface area contributed by atoms with E-state index in [1.807, 2.05) is 0 Å². The molecule has 1 aromatic rings. The average Bonchev–Trinajstić information content (AvgIpc) is 2.41. The minimum absolute atomic E-state index is 0.0428. The molecule has 0 heterocycles. The van der Waals surface area contributed by atoms with Gasteiger partial charge in [-0.1, -0.05) is 17.3 Å². The van der Waals surface area contributed by atoms with Gasteiger partial charge in [-0.05, 0) is 31.4 Å². The number of amides is 2. The number of oxime groups is 1. The first-order valence-corrected chi connectivity index (χ1v) is 6.45. The number of ether oxygens (including phenoxy) is 1. The van der Waals surface area contributed by atoms with Gasteiger partial charge in [0.2, 0.25) is 0 Å². The first-order valence-electron chi connectivity index (χ1n) is 6.45.